The third-order valence-corrected chi connectivity index (χ3v) is 5.50. The Bertz CT molecular complexity index is 1040. The van der Waals surface area contributed by atoms with Gasteiger partial charge >= 0.3 is 5.97 Å². The number of carbonyl (C=O) groups is 1. The Balaban J connectivity index is 1.68. The first-order valence-electron chi connectivity index (χ1n) is 10.6. The van der Waals surface area contributed by atoms with Gasteiger partial charge in [-0.1, -0.05) is 43.3 Å². The van der Waals surface area contributed by atoms with Gasteiger partial charge in [0.15, 0.2) is 0 Å². The SMILES string of the molecule is CCC(CC(=O)OC)C(=N)c1ccc(Oc2cccc(Cc3ccccc3C)c2)cc1. The Kier molecular flexibility index (Phi) is 7.60. The minimum atomic E-state index is -0.290. The molecular formula is C27H29NO3. The van der Waals surface area contributed by atoms with Crippen molar-refractivity contribution in [3.05, 3.63) is 95.1 Å². The predicted octanol–water partition coefficient (Wildman–Crippen LogP) is 6.34. The molecule has 0 fully saturated rings. The first-order chi connectivity index (χ1) is 15.0. The van der Waals surface area contributed by atoms with Crippen LogP contribution in [-0.2, 0) is 16.0 Å². The van der Waals surface area contributed by atoms with Crippen molar-refractivity contribution in [3.8, 4) is 11.5 Å². The number of methoxy groups -OCH3 is 1. The van der Waals surface area contributed by atoms with Crippen LogP contribution in [0.4, 0.5) is 0 Å². The lowest BCUT2D eigenvalue weighted by Crippen LogP contribution is -2.18. The third kappa shape index (κ3) is 6.05. The molecule has 0 amide bonds. The Labute approximate surface area is 184 Å². The van der Waals surface area contributed by atoms with Gasteiger partial charge in [-0.25, -0.2) is 0 Å². The second-order valence-electron chi connectivity index (χ2n) is 7.68. The fourth-order valence-corrected chi connectivity index (χ4v) is 3.56. The number of aryl methyl sites for hydroxylation is 1. The minimum Gasteiger partial charge on any atom is -0.469 e. The van der Waals surface area contributed by atoms with Crippen LogP contribution in [0.15, 0.2) is 72.8 Å². The van der Waals surface area contributed by atoms with Crippen molar-refractivity contribution >= 4 is 11.7 Å². The highest BCUT2D eigenvalue weighted by Crippen LogP contribution is 2.25. The van der Waals surface area contributed by atoms with Crippen molar-refractivity contribution in [2.24, 2.45) is 5.92 Å². The molecule has 0 aliphatic heterocycles. The van der Waals surface area contributed by atoms with E-state index in [4.69, 9.17) is 14.9 Å². The number of hydrogen-bond acceptors (Lipinski definition) is 4. The van der Waals surface area contributed by atoms with E-state index >= 15 is 0 Å². The van der Waals surface area contributed by atoms with Crippen LogP contribution < -0.4 is 4.74 Å². The molecule has 31 heavy (non-hydrogen) atoms. The third-order valence-electron chi connectivity index (χ3n) is 5.50. The molecule has 0 aliphatic carbocycles. The summed E-state index contributed by atoms with van der Waals surface area (Å²) in [5.41, 5.74) is 5.01. The first kappa shape index (κ1) is 22.3. The van der Waals surface area contributed by atoms with E-state index in [9.17, 15) is 4.79 Å². The zero-order chi connectivity index (χ0) is 22.2. The van der Waals surface area contributed by atoms with Gasteiger partial charge in [0.1, 0.15) is 11.5 Å². The highest BCUT2D eigenvalue weighted by molar-refractivity contribution is 6.01. The van der Waals surface area contributed by atoms with Crippen LogP contribution in [-0.4, -0.2) is 18.8 Å². The number of benzene rings is 3. The molecule has 3 aromatic carbocycles. The first-order valence-corrected chi connectivity index (χ1v) is 10.6. The molecule has 1 atom stereocenters. The fraction of sp³-hybridized carbons (Fsp3) is 0.259. The van der Waals surface area contributed by atoms with E-state index in [1.165, 1.54) is 23.8 Å². The van der Waals surface area contributed by atoms with Crippen molar-refractivity contribution in [2.75, 3.05) is 7.11 Å². The normalized spacial score (nSPS) is 11.6. The second-order valence-corrected chi connectivity index (χ2v) is 7.68. The van der Waals surface area contributed by atoms with Gasteiger partial charge in [0.25, 0.3) is 0 Å². The molecule has 1 N–H and O–H groups in total. The maximum Gasteiger partial charge on any atom is 0.306 e. The van der Waals surface area contributed by atoms with Crippen LogP contribution in [0.25, 0.3) is 0 Å². The van der Waals surface area contributed by atoms with Crippen LogP contribution in [0.2, 0.25) is 0 Å². The average Bonchev–Trinajstić information content (AvgIpc) is 2.79. The monoisotopic (exact) mass is 415 g/mol. The van der Waals surface area contributed by atoms with E-state index in [1.54, 1.807) is 0 Å². The molecule has 0 heterocycles. The Morgan fingerprint density at radius 3 is 2.39 bits per heavy atom. The lowest BCUT2D eigenvalue weighted by atomic mass is 9.91. The lowest BCUT2D eigenvalue weighted by Gasteiger charge is -2.15. The highest BCUT2D eigenvalue weighted by Gasteiger charge is 2.18. The fourth-order valence-electron chi connectivity index (χ4n) is 3.56. The molecule has 0 saturated heterocycles. The highest BCUT2D eigenvalue weighted by atomic mass is 16.5. The van der Waals surface area contributed by atoms with Crippen LogP contribution >= 0.6 is 0 Å². The summed E-state index contributed by atoms with van der Waals surface area (Å²) in [5, 5.41) is 8.45. The van der Waals surface area contributed by atoms with Gasteiger partial charge in [-0.15, -0.1) is 0 Å². The molecule has 0 aliphatic rings. The topological polar surface area (TPSA) is 59.4 Å². The molecule has 4 heteroatoms. The standard InChI is InChI=1S/C27H29NO3/c1-4-21(18-26(29)30-3)27(28)22-12-14-24(15-13-22)31-25-11-7-9-20(17-25)16-23-10-6-5-8-19(23)2/h5-15,17,21,28H,4,16,18H2,1-3H3. The summed E-state index contributed by atoms with van der Waals surface area (Å²) in [6, 6.07) is 24.0. The van der Waals surface area contributed by atoms with E-state index in [-0.39, 0.29) is 18.3 Å². The Morgan fingerprint density at radius 1 is 0.968 bits per heavy atom. The molecule has 3 rings (SSSR count). The maximum atomic E-state index is 11.6. The van der Waals surface area contributed by atoms with E-state index in [0.29, 0.717) is 17.9 Å². The van der Waals surface area contributed by atoms with Gasteiger partial charge in [-0.05, 0) is 78.4 Å². The average molecular weight is 416 g/mol. The van der Waals surface area contributed by atoms with Crippen molar-refractivity contribution in [2.45, 2.75) is 33.1 Å². The predicted molar refractivity (Wildman–Crippen MR) is 124 cm³/mol. The van der Waals surface area contributed by atoms with Crippen molar-refractivity contribution in [1.29, 1.82) is 5.41 Å². The summed E-state index contributed by atoms with van der Waals surface area (Å²) >= 11 is 0. The summed E-state index contributed by atoms with van der Waals surface area (Å²) in [6.45, 7) is 4.10. The largest absolute Gasteiger partial charge is 0.469 e. The van der Waals surface area contributed by atoms with Crippen molar-refractivity contribution < 1.29 is 14.3 Å². The molecule has 0 bridgehead atoms. The van der Waals surface area contributed by atoms with Gasteiger partial charge in [0.05, 0.1) is 13.5 Å². The molecule has 1 unspecified atom stereocenters. The summed E-state index contributed by atoms with van der Waals surface area (Å²) < 4.78 is 10.8. The van der Waals surface area contributed by atoms with E-state index < -0.39 is 0 Å². The second kappa shape index (κ2) is 10.6. The zero-order valence-electron chi connectivity index (χ0n) is 18.4. The molecule has 4 nitrogen and oxygen atoms in total. The number of carbonyl (C=O) groups excluding carboxylic acids is 1. The number of esters is 1. The van der Waals surface area contributed by atoms with Crippen LogP contribution in [0.3, 0.4) is 0 Å². The Hall–Kier alpha value is -3.40. The van der Waals surface area contributed by atoms with Gasteiger partial charge < -0.3 is 14.9 Å². The minimum absolute atomic E-state index is 0.155. The van der Waals surface area contributed by atoms with Crippen LogP contribution in [0.1, 0.15) is 42.0 Å². The smallest absolute Gasteiger partial charge is 0.306 e. The number of hydrogen-bond donors (Lipinski definition) is 1. The number of rotatable bonds is 9. The van der Waals surface area contributed by atoms with Crippen molar-refractivity contribution in [1.82, 2.24) is 0 Å². The van der Waals surface area contributed by atoms with E-state index in [2.05, 4.69) is 43.3 Å². The van der Waals surface area contributed by atoms with Gasteiger partial charge in [-0.3, -0.25) is 4.79 Å². The quantitative estimate of drug-likeness (QED) is 0.328. The van der Waals surface area contributed by atoms with E-state index in [0.717, 1.165) is 17.7 Å². The summed E-state index contributed by atoms with van der Waals surface area (Å²) in [6.07, 6.45) is 1.79. The van der Waals surface area contributed by atoms with Gasteiger partial charge in [-0.2, -0.15) is 0 Å². The van der Waals surface area contributed by atoms with E-state index in [1.807, 2.05) is 43.3 Å². The Morgan fingerprint density at radius 2 is 1.71 bits per heavy atom. The molecule has 0 radical (unpaired) electrons. The molecule has 0 saturated carbocycles. The van der Waals surface area contributed by atoms with Crippen LogP contribution in [0.5, 0.6) is 11.5 Å². The molecule has 160 valence electrons. The summed E-state index contributed by atoms with van der Waals surface area (Å²) in [7, 11) is 1.38. The van der Waals surface area contributed by atoms with Gasteiger partial charge in [0.2, 0.25) is 0 Å². The van der Waals surface area contributed by atoms with Crippen LogP contribution in [0, 0.1) is 18.3 Å². The zero-order valence-corrected chi connectivity index (χ0v) is 18.4. The van der Waals surface area contributed by atoms with Gasteiger partial charge in [0, 0.05) is 11.6 Å². The molecular weight excluding hydrogens is 386 g/mol. The molecule has 0 spiro atoms. The summed E-state index contributed by atoms with van der Waals surface area (Å²) in [5.74, 6) is 1.05. The maximum absolute atomic E-state index is 11.6. The molecule has 3 aromatic rings. The number of nitrogens with one attached hydrogen (secondary N) is 1. The summed E-state index contributed by atoms with van der Waals surface area (Å²) in [4.78, 5) is 11.6. The lowest BCUT2D eigenvalue weighted by molar-refractivity contribution is -0.141. The number of ether oxygens (including phenoxy) is 2. The molecule has 0 aromatic heterocycles. The van der Waals surface area contributed by atoms with Crippen molar-refractivity contribution in [3.63, 3.8) is 0 Å².